The molecule has 0 unspecified atom stereocenters. The summed E-state index contributed by atoms with van der Waals surface area (Å²) < 4.78 is 11.6. The van der Waals surface area contributed by atoms with Crippen LogP contribution < -0.4 is 4.74 Å². The fourth-order valence-corrected chi connectivity index (χ4v) is 2.68. The number of nitrogens with zero attached hydrogens (tertiary/aromatic N) is 1. The van der Waals surface area contributed by atoms with Crippen LogP contribution in [-0.2, 0) is 0 Å². The van der Waals surface area contributed by atoms with Crippen LogP contribution in [0, 0.1) is 6.92 Å². The Labute approximate surface area is 149 Å². The van der Waals surface area contributed by atoms with Gasteiger partial charge in [-0.1, -0.05) is 29.8 Å². The van der Waals surface area contributed by atoms with E-state index in [0.717, 1.165) is 11.3 Å². The summed E-state index contributed by atoms with van der Waals surface area (Å²) in [5.41, 5.74) is 2.92. The summed E-state index contributed by atoms with van der Waals surface area (Å²) in [6, 6.07) is 19.7. The van der Waals surface area contributed by atoms with Gasteiger partial charge in [-0.05, 0) is 43.3 Å². The van der Waals surface area contributed by atoms with Gasteiger partial charge in [0.1, 0.15) is 17.0 Å². The van der Waals surface area contributed by atoms with Gasteiger partial charge in [-0.3, -0.25) is 0 Å². The van der Waals surface area contributed by atoms with Gasteiger partial charge in [0.25, 0.3) is 0 Å². The van der Waals surface area contributed by atoms with Gasteiger partial charge >= 0.3 is 5.97 Å². The Morgan fingerprint density at radius 1 is 1.00 bits per heavy atom. The highest BCUT2D eigenvalue weighted by molar-refractivity contribution is 5.95. The number of oxazole rings is 1. The molecule has 0 aliphatic carbocycles. The van der Waals surface area contributed by atoms with E-state index in [9.17, 15) is 9.90 Å². The van der Waals surface area contributed by atoms with Crippen molar-refractivity contribution >= 4 is 17.1 Å². The predicted octanol–water partition coefficient (Wildman–Crippen LogP) is 5.29. The van der Waals surface area contributed by atoms with Gasteiger partial charge in [0.05, 0.1) is 11.1 Å². The summed E-state index contributed by atoms with van der Waals surface area (Å²) in [7, 11) is 0. The molecule has 0 bridgehead atoms. The van der Waals surface area contributed by atoms with E-state index in [2.05, 4.69) is 4.98 Å². The topological polar surface area (TPSA) is 72.6 Å². The van der Waals surface area contributed by atoms with Gasteiger partial charge in [0, 0.05) is 6.07 Å². The number of carbonyl (C=O) groups is 1. The third kappa shape index (κ3) is 3.02. The largest absolute Gasteiger partial charge is 0.478 e. The SMILES string of the molecule is Cc1ccc(Oc2ccc3nc(-c4ccccc4C(=O)O)oc3c2)cc1. The molecule has 0 saturated carbocycles. The Morgan fingerprint density at radius 3 is 2.50 bits per heavy atom. The molecule has 4 rings (SSSR count). The summed E-state index contributed by atoms with van der Waals surface area (Å²) in [5, 5.41) is 9.34. The first-order chi connectivity index (χ1) is 12.6. The van der Waals surface area contributed by atoms with E-state index in [4.69, 9.17) is 9.15 Å². The van der Waals surface area contributed by atoms with Gasteiger partial charge in [-0.2, -0.15) is 0 Å². The molecule has 128 valence electrons. The zero-order valence-corrected chi connectivity index (χ0v) is 14.0. The molecule has 1 aromatic heterocycles. The number of ether oxygens (including phenoxy) is 1. The summed E-state index contributed by atoms with van der Waals surface area (Å²) in [6.07, 6.45) is 0. The van der Waals surface area contributed by atoms with Crippen molar-refractivity contribution in [1.29, 1.82) is 0 Å². The Hall–Kier alpha value is -3.60. The first-order valence-corrected chi connectivity index (χ1v) is 8.08. The summed E-state index contributed by atoms with van der Waals surface area (Å²) >= 11 is 0. The molecule has 5 nitrogen and oxygen atoms in total. The van der Waals surface area contributed by atoms with E-state index in [1.807, 2.05) is 31.2 Å². The second kappa shape index (κ2) is 6.37. The molecule has 1 heterocycles. The molecule has 26 heavy (non-hydrogen) atoms. The van der Waals surface area contributed by atoms with E-state index in [1.54, 1.807) is 36.4 Å². The fraction of sp³-hybridized carbons (Fsp3) is 0.0476. The molecule has 0 radical (unpaired) electrons. The van der Waals surface area contributed by atoms with Crippen molar-refractivity contribution in [2.45, 2.75) is 6.92 Å². The molecule has 3 aromatic carbocycles. The number of aryl methyl sites for hydroxylation is 1. The van der Waals surface area contributed by atoms with Crippen LogP contribution in [-0.4, -0.2) is 16.1 Å². The van der Waals surface area contributed by atoms with Crippen molar-refractivity contribution < 1.29 is 19.1 Å². The lowest BCUT2D eigenvalue weighted by molar-refractivity contribution is 0.0697. The number of hydrogen-bond acceptors (Lipinski definition) is 4. The van der Waals surface area contributed by atoms with Crippen molar-refractivity contribution in [3.05, 3.63) is 77.9 Å². The number of carboxylic acids is 1. The van der Waals surface area contributed by atoms with Crippen LogP contribution in [0.5, 0.6) is 11.5 Å². The molecule has 0 aliphatic rings. The average molecular weight is 345 g/mol. The number of rotatable bonds is 4. The molecule has 4 aromatic rings. The highest BCUT2D eigenvalue weighted by atomic mass is 16.5. The third-order valence-electron chi connectivity index (χ3n) is 4.00. The molecule has 0 aliphatic heterocycles. The molecule has 0 amide bonds. The third-order valence-corrected chi connectivity index (χ3v) is 4.00. The quantitative estimate of drug-likeness (QED) is 0.544. The Morgan fingerprint density at radius 2 is 1.73 bits per heavy atom. The number of aromatic nitrogens is 1. The van der Waals surface area contributed by atoms with Crippen LogP contribution in [0.2, 0.25) is 0 Å². The molecule has 0 atom stereocenters. The Bertz CT molecular complexity index is 1100. The van der Waals surface area contributed by atoms with Gasteiger partial charge < -0.3 is 14.3 Å². The fourth-order valence-electron chi connectivity index (χ4n) is 2.68. The maximum atomic E-state index is 11.4. The lowest BCUT2D eigenvalue weighted by Gasteiger charge is -2.05. The lowest BCUT2D eigenvalue weighted by Crippen LogP contribution is -1.98. The van der Waals surface area contributed by atoms with E-state index in [0.29, 0.717) is 22.4 Å². The van der Waals surface area contributed by atoms with Crippen LogP contribution >= 0.6 is 0 Å². The lowest BCUT2D eigenvalue weighted by atomic mass is 10.1. The van der Waals surface area contributed by atoms with E-state index < -0.39 is 5.97 Å². The molecule has 0 saturated heterocycles. The zero-order valence-electron chi connectivity index (χ0n) is 14.0. The first kappa shape index (κ1) is 15.9. The maximum absolute atomic E-state index is 11.4. The minimum atomic E-state index is -1.02. The number of fused-ring (bicyclic) bond motifs is 1. The first-order valence-electron chi connectivity index (χ1n) is 8.08. The summed E-state index contributed by atoms with van der Waals surface area (Å²) in [5.74, 6) is 0.596. The smallest absolute Gasteiger partial charge is 0.336 e. The van der Waals surface area contributed by atoms with Crippen molar-refractivity contribution in [1.82, 2.24) is 4.98 Å². The normalized spacial score (nSPS) is 10.8. The van der Waals surface area contributed by atoms with Gasteiger partial charge in [0.2, 0.25) is 5.89 Å². The zero-order chi connectivity index (χ0) is 18.1. The van der Waals surface area contributed by atoms with Crippen LogP contribution in [0.4, 0.5) is 0 Å². The highest BCUT2D eigenvalue weighted by Gasteiger charge is 2.16. The van der Waals surface area contributed by atoms with Gasteiger partial charge in [0.15, 0.2) is 5.58 Å². The van der Waals surface area contributed by atoms with E-state index in [-0.39, 0.29) is 11.5 Å². The number of benzene rings is 3. The molecular formula is C21H15NO4. The van der Waals surface area contributed by atoms with Crippen LogP contribution in [0.1, 0.15) is 15.9 Å². The van der Waals surface area contributed by atoms with Crippen molar-refractivity contribution in [3.63, 3.8) is 0 Å². The predicted molar refractivity (Wildman–Crippen MR) is 97.7 cm³/mol. The van der Waals surface area contributed by atoms with Crippen LogP contribution in [0.25, 0.3) is 22.6 Å². The van der Waals surface area contributed by atoms with E-state index in [1.165, 1.54) is 6.07 Å². The Kier molecular flexibility index (Phi) is 3.89. The second-order valence-electron chi connectivity index (χ2n) is 5.91. The van der Waals surface area contributed by atoms with Gasteiger partial charge in [-0.25, -0.2) is 9.78 Å². The van der Waals surface area contributed by atoms with Crippen molar-refractivity contribution in [2.24, 2.45) is 0 Å². The van der Waals surface area contributed by atoms with Crippen LogP contribution in [0.15, 0.2) is 71.1 Å². The van der Waals surface area contributed by atoms with Gasteiger partial charge in [-0.15, -0.1) is 0 Å². The monoisotopic (exact) mass is 345 g/mol. The number of aromatic carboxylic acids is 1. The molecule has 5 heteroatoms. The number of hydrogen-bond donors (Lipinski definition) is 1. The minimum absolute atomic E-state index is 0.148. The van der Waals surface area contributed by atoms with Crippen molar-refractivity contribution in [3.8, 4) is 23.0 Å². The number of carboxylic acid groups (broad SMARTS) is 1. The second-order valence-corrected chi connectivity index (χ2v) is 5.91. The molecule has 0 fully saturated rings. The summed E-state index contributed by atoms with van der Waals surface area (Å²) in [4.78, 5) is 15.8. The molecular weight excluding hydrogens is 330 g/mol. The van der Waals surface area contributed by atoms with Crippen molar-refractivity contribution in [2.75, 3.05) is 0 Å². The average Bonchev–Trinajstić information content (AvgIpc) is 3.07. The Balaban J connectivity index is 1.70. The standard InChI is InChI=1S/C21H15NO4/c1-13-6-8-14(9-7-13)25-15-10-11-18-19(12-15)26-20(22-18)16-4-2-3-5-17(16)21(23)24/h2-12H,1H3,(H,23,24). The van der Waals surface area contributed by atoms with E-state index >= 15 is 0 Å². The summed E-state index contributed by atoms with van der Waals surface area (Å²) in [6.45, 7) is 2.01. The highest BCUT2D eigenvalue weighted by Crippen LogP contribution is 2.30. The molecule has 1 N–H and O–H groups in total. The minimum Gasteiger partial charge on any atom is -0.478 e. The maximum Gasteiger partial charge on any atom is 0.336 e. The van der Waals surface area contributed by atoms with Crippen LogP contribution in [0.3, 0.4) is 0 Å². The molecule has 0 spiro atoms.